The van der Waals surface area contributed by atoms with Gasteiger partial charge in [-0.1, -0.05) is 45.0 Å². The number of nitrogens with two attached hydrogens (primary N) is 1. The summed E-state index contributed by atoms with van der Waals surface area (Å²) in [4.78, 5) is 0. The Bertz CT molecular complexity index is 377. The smallest absolute Gasteiger partial charge is 0.0522 e. The van der Waals surface area contributed by atoms with Gasteiger partial charge in [-0.2, -0.15) is 0 Å². The zero-order chi connectivity index (χ0) is 11.9. The van der Waals surface area contributed by atoms with Crippen LogP contribution in [0.5, 0.6) is 0 Å². The van der Waals surface area contributed by atoms with Crippen molar-refractivity contribution in [3.8, 4) is 0 Å². The molecule has 1 aliphatic carbocycles. The Balaban J connectivity index is 2.34. The monoisotopic (exact) mass is 218 g/mol. The lowest BCUT2D eigenvalue weighted by Crippen LogP contribution is -2.40. The molecule has 16 heavy (non-hydrogen) atoms. The number of benzene rings is 1. The van der Waals surface area contributed by atoms with Crippen LogP contribution in [0.1, 0.15) is 50.8 Å². The summed E-state index contributed by atoms with van der Waals surface area (Å²) in [5, 5.41) is 3.49. The van der Waals surface area contributed by atoms with Crippen molar-refractivity contribution in [3.63, 3.8) is 0 Å². The second kappa shape index (κ2) is 3.86. The molecular formula is C14H22N2. The number of hydrogen-bond donors (Lipinski definition) is 2. The molecule has 0 aliphatic heterocycles. The van der Waals surface area contributed by atoms with Crippen molar-refractivity contribution < 1.29 is 0 Å². The minimum absolute atomic E-state index is 0.0316. The van der Waals surface area contributed by atoms with Crippen LogP contribution in [-0.2, 0) is 0 Å². The van der Waals surface area contributed by atoms with Gasteiger partial charge in [-0.15, -0.1) is 0 Å². The largest absolute Gasteiger partial charge is 0.316 e. The summed E-state index contributed by atoms with van der Waals surface area (Å²) in [6.45, 7) is 8.89. The maximum absolute atomic E-state index is 5.88. The minimum atomic E-state index is 0.0316. The molecule has 0 radical (unpaired) electrons. The highest BCUT2D eigenvalue weighted by molar-refractivity contribution is 5.39. The number of rotatable bonds is 2. The topological polar surface area (TPSA) is 38.0 Å². The van der Waals surface area contributed by atoms with Crippen molar-refractivity contribution in [2.45, 2.75) is 45.8 Å². The molecule has 2 bridgehead atoms. The van der Waals surface area contributed by atoms with Gasteiger partial charge in [-0.3, -0.25) is 5.32 Å². The fourth-order valence-electron chi connectivity index (χ4n) is 2.81. The third-order valence-corrected chi connectivity index (χ3v) is 3.34. The average molecular weight is 218 g/mol. The van der Waals surface area contributed by atoms with Crippen molar-refractivity contribution in [2.24, 2.45) is 11.1 Å². The predicted octanol–water partition coefficient (Wildman–Crippen LogP) is 2.77. The predicted molar refractivity (Wildman–Crippen MR) is 68.2 cm³/mol. The highest BCUT2D eigenvalue weighted by Crippen LogP contribution is 2.48. The van der Waals surface area contributed by atoms with Gasteiger partial charge in [0.05, 0.1) is 6.17 Å². The molecule has 88 valence electrons. The van der Waals surface area contributed by atoms with Crippen LogP contribution in [0.4, 0.5) is 0 Å². The van der Waals surface area contributed by atoms with E-state index in [2.05, 4.69) is 50.4 Å². The molecule has 2 rings (SSSR count). The SMILES string of the molecule is CC(N)NC1c2cccc(c2)C1C(C)(C)C. The zero-order valence-corrected chi connectivity index (χ0v) is 10.6. The summed E-state index contributed by atoms with van der Waals surface area (Å²) >= 11 is 0. The summed E-state index contributed by atoms with van der Waals surface area (Å²) in [6, 6.07) is 9.23. The van der Waals surface area contributed by atoms with E-state index in [0.29, 0.717) is 12.0 Å². The molecule has 0 aromatic heterocycles. The van der Waals surface area contributed by atoms with E-state index >= 15 is 0 Å². The summed E-state index contributed by atoms with van der Waals surface area (Å²) in [7, 11) is 0. The molecule has 0 saturated carbocycles. The van der Waals surface area contributed by atoms with Crippen molar-refractivity contribution >= 4 is 0 Å². The molecule has 2 nitrogen and oxygen atoms in total. The van der Waals surface area contributed by atoms with Crippen LogP contribution in [0.3, 0.4) is 0 Å². The lowest BCUT2D eigenvalue weighted by Gasteiger charge is -2.34. The third-order valence-electron chi connectivity index (χ3n) is 3.34. The molecule has 3 unspecified atom stereocenters. The van der Waals surface area contributed by atoms with Crippen molar-refractivity contribution in [1.82, 2.24) is 5.32 Å². The van der Waals surface area contributed by atoms with Crippen LogP contribution < -0.4 is 11.1 Å². The summed E-state index contributed by atoms with van der Waals surface area (Å²) < 4.78 is 0. The van der Waals surface area contributed by atoms with E-state index in [1.807, 2.05) is 6.92 Å². The molecule has 1 aromatic rings. The molecule has 0 heterocycles. The van der Waals surface area contributed by atoms with Crippen LogP contribution in [0.15, 0.2) is 24.3 Å². The minimum Gasteiger partial charge on any atom is -0.316 e. The fourth-order valence-corrected chi connectivity index (χ4v) is 2.81. The van der Waals surface area contributed by atoms with Gasteiger partial charge in [-0.25, -0.2) is 0 Å². The highest BCUT2D eigenvalue weighted by Gasteiger charge is 2.38. The molecule has 1 aromatic carbocycles. The normalized spacial score (nSPS) is 25.8. The van der Waals surface area contributed by atoms with Gasteiger partial charge in [0.2, 0.25) is 0 Å². The maximum Gasteiger partial charge on any atom is 0.0522 e. The van der Waals surface area contributed by atoms with E-state index in [1.54, 1.807) is 0 Å². The first kappa shape index (κ1) is 11.6. The van der Waals surface area contributed by atoms with Crippen molar-refractivity contribution in [1.29, 1.82) is 0 Å². The summed E-state index contributed by atoms with van der Waals surface area (Å²) in [5.74, 6) is 0.517. The van der Waals surface area contributed by atoms with Gasteiger partial charge in [0.25, 0.3) is 0 Å². The van der Waals surface area contributed by atoms with E-state index < -0.39 is 0 Å². The van der Waals surface area contributed by atoms with Crippen LogP contribution in [0, 0.1) is 5.41 Å². The number of nitrogens with one attached hydrogen (secondary N) is 1. The first-order valence-electron chi connectivity index (χ1n) is 6.01. The van der Waals surface area contributed by atoms with Gasteiger partial charge in [0.15, 0.2) is 0 Å². The Kier molecular flexibility index (Phi) is 2.81. The summed E-state index contributed by atoms with van der Waals surface area (Å²) in [6.07, 6.45) is 0.0316. The molecule has 0 amide bonds. The van der Waals surface area contributed by atoms with Gasteiger partial charge in [-0.05, 0) is 23.5 Å². The molecule has 0 saturated heterocycles. The molecule has 2 heteroatoms. The number of fused-ring (bicyclic) bond motifs is 2. The fraction of sp³-hybridized carbons (Fsp3) is 0.571. The third kappa shape index (κ3) is 2.00. The van der Waals surface area contributed by atoms with E-state index in [4.69, 9.17) is 5.73 Å². The van der Waals surface area contributed by atoms with Crippen LogP contribution in [0.2, 0.25) is 0 Å². The first-order chi connectivity index (χ1) is 7.39. The van der Waals surface area contributed by atoms with Gasteiger partial charge >= 0.3 is 0 Å². The van der Waals surface area contributed by atoms with Crippen LogP contribution >= 0.6 is 0 Å². The molecule has 0 spiro atoms. The Hall–Kier alpha value is -0.860. The van der Waals surface area contributed by atoms with Gasteiger partial charge in [0.1, 0.15) is 0 Å². The van der Waals surface area contributed by atoms with Crippen LogP contribution in [0.25, 0.3) is 0 Å². The quantitative estimate of drug-likeness (QED) is 0.749. The summed E-state index contributed by atoms with van der Waals surface area (Å²) in [5.41, 5.74) is 8.93. The lowest BCUT2D eigenvalue weighted by atomic mass is 9.75. The number of hydrogen-bond acceptors (Lipinski definition) is 2. The second-order valence-electron chi connectivity index (χ2n) is 5.95. The highest BCUT2D eigenvalue weighted by atomic mass is 15.1. The molecule has 3 atom stereocenters. The molecule has 0 fully saturated rings. The first-order valence-corrected chi connectivity index (χ1v) is 6.01. The van der Waals surface area contributed by atoms with Crippen LogP contribution in [-0.4, -0.2) is 6.17 Å². The lowest BCUT2D eigenvalue weighted by molar-refractivity contribution is 0.253. The Morgan fingerprint density at radius 2 is 1.88 bits per heavy atom. The van der Waals surface area contributed by atoms with E-state index in [1.165, 1.54) is 11.1 Å². The average Bonchev–Trinajstić information content (AvgIpc) is 2.36. The standard InChI is InChI=1S/C14H22N2/c1-9(15)16-13-11-7-5-6-10(8-11)12(13)14(2,3)4/h5-9,12-13,16H,15H2,1-4H3. The van der Waals surface area contributed by atoms with Crippen molar-refractivity contribution in [2.75, 3.05) is 0 Å². The van der Waals surface area contributed by atoms with E-state index in [-0.39, 0.29) is 11.6 Å². The molecule has 1 aliphatic rings. The van der Waals surface area contributed by atoms with Gasteiger partial charge < -0.3 is 5.73 Å². The molecular weight excluding hydrogens is 196 g/mol. The van der Waals surface area contributed by atoms with E-state index in [9.17, 15) is 0 Å². The van der Waals surface area contributed by atoms with Crippen molar-refractivity contribution in [3.05, 3.63) is 35.4 Å². The Labute approximate surface area is 98.2 Å². The Morgan fingerprint density at radius 1 is 1.25 bits per heavy atom. The molecule has 3 N–H and O–H groups in total. The van der Waals surface area contributed by atoms with Gasteiger partial charge in [0, 0.05) is 12.0 Å². The zero-order valence-electron chi connectivity index (χ0n) is 10.6. The Morgan fingerprint density at radius 3 is 2.44 bits per heavy atom. The van der Waals surface area contributed by atoms with E-state index in [0.717, 1.165) is 0 Å². The maximum atomic E-state index is 5.88. The second-order valence-corrected chi connectivity index (χ2v) is 5.95.